The molecule has 1 heterocycles. The van der Waals surface area contributed by atoms with Crippen LogP contribution in [-0.2, 0) is 14.3 Å². The Morgan fingerprint density at radius 1 is 1.18 bits per heavy atom. The normalized spacial score (nSPS) is 11.0. The van der Waals surface area contributed by atoms with Crippen molar-refractivity contribution in [2.24, 2.45) is 0 Å². The third kappa shape index (κ3) is 3.12. The third-order valence-electron chi connectivity index (χ3n) is 2.66. The first kappa shape index (κ1) is 17.7. The van der Waals surface area contributed by atoms with Crippen molar-refractivity contribution >= 4 is 34.1 Å². The Labute approximate surface area is 128 Å². The number of esters is 2. The van der Waals surface area contributed by atoms with E-state index in [1.54, 1.807) is 6.92 Å². The molecule has 120 valence electrons. The molecule has 22 heavy (non-hydrogen) atoms. The van der Waals surface area contributed by atoms with Gasteiger partial charge in [-0.1, -0.05) is 0 Å². The van der Waals surface area contributed by atoms with Gasteiger partial charge >= 0.3 is 28.3 Å². The average molecular weight is 331 g/mol. The fourth-order valence-electron chi connectivity index (χ4n) is 1.81. The summed E-state index contributed by atoms with van der Waals surface area (Å²) >= 11 is 0. The average Bonchev–Trinajstić information content (AvgIpc) is 2.69. The van der Waals surface area contributed by atoms with Crippen LogP contribution >= 0.6 is 10.7 Å². The molecule has 0 amide bonds. The summed E-state index contributed by atoms with van der Waals surface area (Å²) < 4.78 is 9.32. The second-order valence-corrected chi connectivity index (χ2v) is 5.49. The van der Waals surface area contributed by atoms with Crippen molar-refractivity contribution < 1.29 is 28.8 Å². The van der Waals surface area contributed by atoms with Gasteiger partial charge in [-0.3, -0.25) is 14.9 Å². The summed E-state index contributed by atoms with van der Waals surface area (Å²) in [5.41, 5.74) is -0.728. The Morgan fingerprint density at radius 2 is 1.73 bits per heavy atom. The second-order valence-electron chi connectivity index (χ2n) is 4.00. The van der Waals surface area contributed by atoms with Crippen LogP contribution in [0.3, 0.4) is 0 Å². The fourth-order valence-corrected chi connectivity index (χ4v) is 3.39. The number of ether oxygens (including phenoxy) is 2. The first-order chi connectivity index (χ1) is 10.3. The lowest BCUT2D eigenvalue weighted by atomic mass is 10.2. The van der Waals surface area contributed by atoms with Crippen LogP contribution in [0.4, 0.5) is 5.69 Å². The van der Waals surface area contributed by atoms with Crippen LogP contribution in [-0.4, -0.2) is 35.9 Å². The Morgan fingerprint density at radius 3 is 2.18 bits per heavy atom. The standard InChI is InChI=1S/C12H15N2O7S/c1-4-20-11(16)8(15)10-7(14(18)19)6(3)9(22(10)13)12(17)21-5-2/h4-5,13H2,1-3H3/q+1. The van der Waals surface area contributed by atoms with Crippen molar-refractivity contribution in [3.8, 4) is 0 Å². The van der Waals surface area contributed by atoms with Gasteiger partial charge in [-0.2, -0.15) is 0 Å². The molecule has 1 atom stereocenters. The lowest BCUT2D eigenvalue weighted by molar-refractivity contribution is -0.385. The van der Waals surface area contributed by atoms with E-state index in [9.17, 15) is 24.5 Å². The first-order valence-electron chi connectivity index (χ1n) is 6.24. The Hall–Kier alpha value is -2.33. The van der Waals surface area contributed by atoms with E-state index >= 15 is 0 Å². The van der Waals surface area contributed by atoms with Crippen molar-refractivity contribution in [3.05, 3.63) is 25.4 Å². The number of carbonyl (C=O) groups excluding carboxylic acids is 3. The molecule has 1 unspecified atom stereocenters. The van der Waals surface area contributed by atoms with E-state index in [0.29, 0.717) is 0 Å². The van der Waals surface area contributed by atoms with E-state index in [-0.39, 0.29) is 23.7 Å². The lowest BCUT2D eigenvalue weighted by Gasteiger charge is -1.97. The van der Waals surface area contributed by atoms with Gasteiger partial charge in [0.05, 0.1) is 28.8 Å². The molecule has 0 bridgehead atoms. The highest BCUT2D eigenvalue weighted by atomic mass is 32.2. The van der Waals surface area contributed by atoms with Gasteiger partial charge in [0.1, 0.15) is 5.56 Å². The van der Waals surface area contributed by atoms with Crippen LogP contribution in [0.2, 0.25) is 0 Å². The summed E-state index contributed by atoms with van der Waals surface area (Å²) in [6, 6.07) is 0. The molecule has 1 rings (SSSR count). The number of rotatable bonds is 6. The molecule has 0 radical (unpaired) electrons. The molecule has 0 spiro atoms. The van der Waals surface area contributed by atoms with E-state index in [0.717, 1.165) is 0 Å². The van der Waals surface area contributed by atoms with Crippen LogP contribution in [0.25, 0.3) is 0 Å². The topological polar surface area (TPSA) is 139 Å². The lowest BCUT2D eigenvalue weighted by Crippen LogP contribution is -2.19. The van der Waals surface area contributed by atoms with E-state index in [1.807, 2.05) is 0 Å². The zero-order valence-electron chi connectivity index (χ0n) is 12.2. The SMILES string of the molecule is CCOC(=O)C(=O)c1c([N+](=O)[O-])c(C)c(C(=O)OCC)[s+]1N. The summed E-state index contributed by atoms with van der Waals surface area (Å²) in [6.45, 7) is 4.30. The summed E-state index contributed by atoms with van der Waals surface area (Å²) in [6.07, 6.45) is 0. The van der Waals surface area contributed by atoms with E-state index in [4.69, 9.17) is 9.88 Å². The molecule has 0 saturated carbocycles. The number of carbonyl (C=O) groups is 3. The minimum atomic E-state index is -1.72. The number of thiophene rings is 1. The molecule has 0 fully saturated rings. The van der Waals surface area contributed by atoms with Gasteiger partial charge in [-0.15, -0.1) is 5.14 Å². The fraction of sp³-hybridized carbons (Fsp3) is 0.417. The van der Waals surface area contributed by atoms with E-state index < -0.39 is 43.9 Å². The smallest absolute Gasteiger partial charge is 0.394 e. The number of nitrogens with zero attached hydrogens (tertiary/aromatic N) is 1. The highest BCUT2D eigenvalue weighted by molar-refractivity contribution is 7.35. The summed E-state index contributed by atoms with van der Waals surface area (Å²) in [5, 5.41) is 17.0. The monoisotopic (exact) mass is 331 g/mol. The van der Waals surface area contributed by atoms with E-state index in [2.05, 4.69) is 4.74 Å². The summed E-state index contributed by atoms with van der Waals surface area (Å²) in [5.74, 6) is -3.33. The Balaban J connectivity index is 3.53. The minimum Gasteiger partial charge on any atom is -0.460 e. The number of nitrogens with two attached hydrogens (primary N) is 1. The number of hydrogen-bond donors (Lipinski definition) is 1. The molecule has 1 aromatic rings. The Bertz CT molecular complexity index is 650. The van der Waals surface area contributed by atoms with Crippen LogP contribution in [0.1, 0.15) is 38.8 Å². The molecule has 9 nitrogen and oxygen atoms in total. The number of hydrogen-bond acceptors (Lipinski definition) is 8. The molecule has 0 aliphatic rings. The molecule has 10 heteroatoms. The zero-order chi connectivity index (χ0) is 17.0. The molecular formula is C12H15N2O7S+. The maximum absolute atomic E-state index is 12.0. The van der Waals surface area contributed by atoms with Gasteiger partial charge in [0.2, 0.25) is 0 Å². The third-order valence-corrected chi connectivity index (χ3v) is 4.39. The number of Topliss-reactive ketones (excluding diaryl/α,β-unsaturated/α-hetero) is 1. The number of nitrogen functional groups attached to an aromatic ring is 1. The number of nitro groups is 1. The highest BCUT2D eigenvalue weighted by Gasteiger charge is 2.47. The quantitative estimate of drug-likeness (QED) is 0.205. The van der Waals surface area contributed by atoms with Crippen molar-refractivity contribution in [1.82, 2.24) is 0 Å². The minimum absolute atomic E-state index is 0.0434. The predicted octanol–water partition coefficient (Wildman–Crippen LogP) is 1.29. The van der Waals surface area contributed by atoms with Crippen molar-refractivity contribution in [1.29, 1.82) is 0 Å². The highest BCUT2D eigenvalue weighted by Crippen LogP contribution is 2.40. The second kappa shape index (κ2) is 7.09. The molecule has 1 aromatic heterocycles. The van der Waals surface area contributed by atoms with Gasteiger partial charge in [0.25, 0.3) is 4.88 Å². The Kier molecular flexibility index (Phi) is 5.71. The van der Waals surface area contributed by atoms with E-state index in [1.165, 1.54) is 13.8 Å². The van der Waals surface area contributed by atoms with Crippen LogP contribution < -0.4 is 5.14 Å². The number of ketones is 1. The molecule has 2 N–H and O–H groups in total. The maximum Gasteiger partial charge on any atom is 0.394 e. The van der Waals surface area contributed by atoms with Gasteiger partial charge < -0.3 is 9.47 Å². The molecule has 0 aliphatic carbocycles. The van der Waals surface area contributed by atoms with Gasteiger partial charge in [0.15, 0.2) is 0 Å². The van der Waals surface area contributed by atoms with Crippen LogP contribution in [0, 0.1) is 17.0 Å². The molecular weight excluding hydrogens is 316 g/mol. The molecule has 0 aromatic carbocycles. The maximum atomic E-state index is 12.0. The predicted molar refractivity (Wildman–Crippen MR) is 77.4 cm³/mol. The van der Waals surface area contributed by atoms with Gasteiger partial charge in [-0.25, -0.2) is 9.59 Å². The van der Waals surface area contributed by atoms with Crippen molar-refractivity contribution in [2.75, 3.05) is 18.4 Å². The van der Waals surface area contributed by atoms with Gasteiger partial charge in [-0.05, 0) is 20.8 Å². The first-order valence-corrected chi connectivity index (χ1v) is 7.53. The summed E-state index contributed by atoms with van der Waals surface area (Å²) in [4.78, 5) is 45.1. The molecule has 0 saturated heterocycles. The van der Waals surface area contributed by atoms with Crippen molar-refractivity contribution in [2.45, 2.75) is 20.8 Å². The summed E-state index contributed by atoms with van der Waals surface area (Å²) in [7, 11) is -1.72. The zero-order valence-corrected chi connectivity index (χ0v) is 13.0. The van der Waals surface area contributed by atoms with Gasteiger partial charge in [0, 0.05) is 0 Å². The van der Waals surface area contributed by atoms with Crippen LogP contribution in [0.15, 0.2) is 0 Å². The molecule has 0 aliphatic heterocycles. The van der Waals surface area contributed by atoms with Crippen LogP contribution in [0.5, 0.6) is 0 Å². The van der Waals surface area contributed by atoms with Crippen molar-refractivity contribution in [3.63, 3.8) is 0 Å². The largest absolute Gasteiger partial charge is 0.460 e.